The Morgan fingerprint density at radius 1 is 1.30 bits per heavy atom. The fraction of sp³-hybridized carbons (Fsp3) is 0.286. The topological polar surface area (TPSA) is 111 Å². The van der Waals surface area contributed by atoms with Gasteiger partial charge in [0.25, 0.3) is 5.91 Å². The Labute approximate surface area is 133 Å². The van der Waals surface area contributed by atoms with Crippen LogP contribution in [0.5, 0.6) is 5.75 Å². The molecule has 1 aromatic carbocycles. The SMILES string of the molecule is COc1cc(NC(=O)c2c(C)noc2C)ccc1NS(C)(=O)=O. The van der Waals surface area contributed by atoms with Gasteiger partial charge in [-0.15, -0.1) is 0 Å². The lowest BCUT2D eigenvalue weighted by atomic mass is 10.2. The molecular weight excluding hydrogens is 322 g/mol. The largest absolute Gasteiger partial charge is 0.494 e. The lowest BCUT2D eigenvalue weighted by Gasteiger charge is -2.12. The van der Waals surface area contributed by atoms with Gasteiger partial charge in [-0.2, -0.15) is 0 Å². The molecule has 9 heteroatoms. The second kappa shape index (κ2) is 6.29. The summed E-state index contributed by atoms with van der Waals surface area (Å²) in [4.78, 5) is 12.3. The van der Waals surface area contributed by atoms with Crippen molar-refractivity contribution in [1.29, 1.82) is 0 Å². The Balaban J connectivity index is 2.26. The number of amides is 1. The smallest absolute Gasteiger partial charge is 0.261 e. The predicted molar refractivity (Wildman–Crippen MR) is 85.4 cm³/mol. The molecule has 0 fully saturated rings. The number of aromatic nitrogens is 1. The molecule has 0 aliphatic carbocycles. The zero-order valence-corrected chi connectivity index (χ0v) is 13.9. The fourth-order valence-electron chi connectivity index (χ4n) is 2.05. The summed E-state index contributed by atoms with van der Waals surface area (Å²) in [5.41, 5.74) is 1.58. The highest BCUT2D eigenvalue weighted by atomic mass is 32.2. The first kappa shape index (κ1) is 16.8. The van der Waals surface area contributed by atoms with Crippen molar-refractivity contribution in [2.45, 2.75) is 13.8 Å². The minimum absolute atomic E-state index is 0.283. The van der Waals surface area contributed by atoms with Crippen LogP contribution in [0.4, 0.5) is 11.4 Å². The van der Waals surface area contributed by atoms with Gasteiger partial charge in [-0.05, 0) is 26.0 Å². The average molecular weight is 339 g/mol. The van der Waals surface area contributed by atoms with Crippen molar-refractivity contribution in [3.05, 3.63) is 35.2 Å². The molecule has 2 aromatic rings. The van der Waals surface area contributed by atoms with Crippen LogP contribution in [-0.2, 0) is 10.0 Å². The molecule has 0 saturated carbocycles. The number of nitrogens with zero attached hydrogens (tertiary/aromatic N) is 1. The van der Waals surface area contributed by atoms with E-state index in [4.69, 9.17) is 9.26 Å². The minimum Gasteiger partial charge on any atom is -0.494 e. The molecule has 0 radical (unpaired) electrons. The van der Waals surface area contributed by atoms with Crippen LogP contribution < -0.4 is 14.8 Å². The van der Waals surface area contributed by atoms with Gasteiger partial charge >= 0.3 is 0 Å². The zero-order chi connectivity index (χ0) is 17.2. The molecule has 0 atom stereocenters. The molecule has 2 rings (SSSR count). The number of sulfonamides is 1. The van der Waals surface area contributed by atoms with Crippen molar-refractivity contribution in [2.75, 3.05) is 23.4 Å². The highest BCUT2D eigenvalue weighted by Gasteiger charge is 2.18. The summed E-state index contributed by atoms with van der Waals surface area (Å²) < 4.78 is 35.1. The highest BCUT2D eigenvalue weighted by Crippen LogP contribution is 2.29. The molecule has 1 aromatic heterocycles. The molecule has 0 saturated heterocycles. The number of carbonyl (C=O) groups is 1. The molecule has 0 unspecified atom stereocenters. The quantitative estimate of drug-likeness (QED) is 0.861. The van der Waals surface area contributed by atoms with E-state index in [0.29, 0.717) is 22.7 Å². The summed E-state index contributed by atoms with van der Waals surface area (Å²) >= 11 is 0. The molecule has 1 heterocycles. The van der Waals surface area contributed by atoms with Gasteiger partial charge in [0.05, 0.1) is 24.7 Å². The van der Waals surface area contributed by atoms with Gasteiger partial charge in [-0.25, -0.2) is 8.42 Å². The number of benzene rings is 1. The van der Waals surface area contributed by atoms with Crippen molar-refractivity contribution in [3.63, 3.8) is 0 Å². The monoisotopic (exact) mass is 339 g/mol. The summed E-state index contributed by atoms with van der Waals surface area (Å²) in [6.07, 6.45) is 1.04. The van der Waals surface area contributed by atoms with E-state index in [2.05, 4.69) is 15.2 Å². The fourth-order valence-corrected chi connectivity index (χ4v) is 2.62. The van der Waals surface area contributed by atoms with Gasteiger partial charge in [0, 0.05) is 11.8 Å². The van der Waals surface area contributed by atoms with Gasteiger partial charge in [0.2, 0.25) is 10.0 Å². The number of aryl methyl sites for hydroxylation is 2. The lowest BCUT2D eigenvalue weighted by Crippen LogP contribution is -2.14. The van der Waals surface area contributed by atoms with Crippen LogP contribution in [0.25, 0.3) is 0 Å². The zero-order valence-electron chi connectivity index (χ0n) is 13.1. The number of rotatable bonds is 5. The van der Waals surface area contributed by atoms with Crippen molar-refractivity contribution in [3.8, 4) is 5.75 Å². The van der Waals surface area contributed by atoms with Crippen LogP contribution >= 0.6 is 0 Å². The van der Waals surface area contributed by atoms with Gasteiger partial charge in [-0.3, -0.25) is 9.52 Å². The van der Waals surface area contributed by atoms with E-state index >= 15 is 0 Å². The number of hydrogen-bond donors (Lipinski definition) is 2. The molecule has 0 bridgehead atoms. The molecular formula is C14H17N3O5S. The Hall–Kier alpha value is -2.55. The van der Waals surface area contributed by atoms with Crippen LogP contribution in [0.3, 0.4) is 0 Å². The first-order chi connectivity index (χ1) is 10.7. The first-order valence-electron chi connectivity index (χ1n) is 6.61. The molecule has 8 nitrogen and oxygen atoms in total. The first-order valence-corrected chi connectivity index (χ1v) is 8.50. The van der Waals surface area contributed by atoms with Crippen LogP contribution in [0.2, 0.25) is 0 Å². The molecule has 0 aliphatic rings. The average Bonchev–Trinajstić information content (AvgIpc) is 2.78. The highest BCUT2D eigenvalue weighted by molar-refractivity contribution is 7.92. The molecule has 2 N–H and O–H groups in total. The van der Waals surface area contributed by atoms with E-state index in [1.807, 2.05) is 0 Å². The summed E-state index contributed by atoms with van der Waals surface area (Å²) in [6, 6.07) is 4.58. The van der Waals surface area contributed by atoms with E-state index in [9.17, 15) is 13.2 Å². The molecule has 0 aliphatic heterocycles. The van der Waals surface area contributed by atoms with Crippen molar-refractivity contribution in [1.82, 2.24) is 5.16 Å². The summed E-state index contributed by atoms with van der Waals surface area (Å²) in [7, 11) is -2.02. The Morgan fingerprint density at radius 3 is 2.52 bits per heavy atom. The summed E-state index contributed by atoms with van der Waals surface area (Å²) in [5.74, 6) is 0.335. The normalized spacial score (nSPS) is 11.1. The van der Waals surface area contributed by atoms with Gasteiger partial charge in [-0.1, -0.05) is 5.16 Å². The third-order valence-corrected chi connectivity index (χ3v) is 3.61. The second-order valence-electron chi connectivity index (χ2n) is 4.94. The maximum Gasteiger partial charge on any atom is 0.261 e. The number of nitrogens with one attached hydrogen (secondary N) is 2. The number of carbonyl (C=O) groups excluding carboxylic acids is 1. The summed E-state index contributed by atoms with van der Waals surface area (Å²) in [6.45, 7) is 3.32. The van der Waals surface area contributed by atoms with E-state index in [1.165, 1.54) is 19.2 Å². The molecule has 0 spiro atoms. The number of anilines is 2. The summed E-state index contributed by atoms with van der Waals surface area (Å²) in [5, 5.41) is 6.42. The minimum atomic E-state index is -3.43. The molecule has 124 valence electrons. The second-order valence-corrected chi connectivity index (χ2v) is 6.69. The van der Waals surface area contributed by atoms with Crippen LogP contribution in [0.15, 0.2) is 22.7 Å². The standard InChI is InChI=1S/C14H17N3O5S/c1-8-13(9(2)22-16-8)14(18)15-10-5-6-11(12(7-10)21-3)17-23(4,19)20/h5-7,17H,1-4H3,(H,15,18). The molecule has 1 amide bonds. The van der Waals surface area contributed by atoms with Crippen molar-refractivity contribution < 1.29 is 22.5 Å². The third kappa shape index (κ3) is 4.01. The third-order valence-electron chi connectivity index (χ3n) is 3.02. The van der Waals surface area contributed by atoms with Crippen LogP contribution in [-0.4, -0.2) is 32.8 Å². The van der Waals surface area contributed by atoms with Crippen LogP contribution in [0, 0.1) is 13.8 Å². The number of ether oxygens (including phenoxy) is 1. The van der Waals surface area contributed by atoms with Crippen molar-refractivity contribution in [2.24, 2.45) is 0 Å². The Morgan fingerprint density at radius 2 is 2.00 bits per heavy atom. The molecule has 23 heavy (non-hydrogen) atoms. The van der Waals surface area contributed by atoms with E-state index < -0.39 is 10.0 Å². The maximum absolute atomic E-state index is 12.3. The lowest BCUT2D eigenvalue weighted by molar-refractivity contribution is 0.102. The van der Waals surface area contributed by atoms with Gasteiger partial charge in [0.15, 0.2) is 0 Å². The number of hydrogen-bond acceptors (Lipinski definition) is 6. The van der Waals surface area contributed by atoms with E-state index in [1.54, 1.807) is 19.9 Å². The maximum atomic E-state index is 12.3. The van der Waals surface area contributed by atoms with Crippen molar-refractivity contribution >= 4 is 27.3 Å². The Bertz CT molecular complexity index is 823. The van der Waals surface area contributed by atoms with E-state index in [0.717, 1.165) is 6.26 Å². The van der Waals surface area contributed by atoms with Crippen LogP contribution in [0.1, 0.15) is 21.8 Å². The Kier molecular flexibility index (Phi) is 4.60. The van der Waals surface area contributed by atoms with Gasteiger partial charge in [0.1, 0.15) is 17.1 Å². The van der Waals surface area contributed by atoms with Gasteiger partial charge < -0.3 is 14.6 Å². The number of methoxy groups -OCH3 is 1. The predicted octanol–water partition coefficient (Wildman–Crippen LogP) is 1.92. The van der Waals surface area contributed by atoms with E-state index in [-0.39, 0.29) is 17.3 Å².